The first-order chi connectivity index (χ1) is 21.0. The Hall–Kier alpha value is -1.88. The summed E-state index contributed by atoms with van der Waals surface area (Å²) in [4.78, 5) is 0.0485. The molecule has 0 spiro atoms. The normalized spacial score (nSPS) is 23.7. The van der Waals surface area contributed by atoms with Gasteiger partial charge in [0, 0.05) is 10.9 Å². The SMILES string of the molecule is Cc1ccc(S(=O)(=O)n2c([C@H]3O[C@H](CO[Si](C)(C)C(C)(C)C)[C@@H](O[Si](C)(C)C(C)(C)C)[C@H](O)[C@@H]3O)c(CO)c3ccccc32)cc1. The Morgan fingerprint density at radius 3 is 1.98 bits per heavy atom. The Morgan fingerprint density at radius 1 is 0.870 bits per heavy atom. The maximum atomic E-state index is 14.4. The smallest absolute Gasteiger partial charge is 0.268 e. The number of nitrogens with zero attached hydrogens (tertiary/aromatic N) is 1. The first kappa shape index (κ1) is 37.0. The van der Waals surface area contributed by atoms with E-state index in [1.807, 2.05) is 6.92 Å². The van der Waals surface area contributed by atoms with Crippen molar-refractivity contribution in [2.45, 2.75) is 127 Å². The van der Waals surface area contributed by atoms with E-state index in [0.29, 0.717) is 16.5 Å². The van der Waals surface area contributed by atoms with Crippen molar-refractivity contribution in [3.05, 3.63) is 65.4 Å². The molecule has 3 N–H and O–H groups in total. The van der Waals surface area contributed by atoms with Crippen LogP contribution in [0.3, 0.4) is 0 Å². The molecule has 0 amide bonds. The third-order valence-electron chi connectivity index (χ3n) is 10.3. The molecule has 3 aromatic rings. The molecule has 256 valence electrons. The lowest BCUT2D eigenvalue weighted by Gasteiger charge is -2.48. The van der Waals surface area contributed by atoms with Gasteiger partial charge in [0.2, 0.25) is 0 Å². The average molecular weight is 692 g/mol. The second kappa shape index (κ2) is 12.9. The minimum Gasteiger partial charge on any atom is -0.414 e. The second-order valence-electron chi connectivity index (χ2n) is 15.6. The summed E-state index contributed by atoms with van der Waals surface area (Å²) in [7, 11) is -9.03. The Kier molecular flexibility index (Phi) is 10.3. The predicted molar refractivity (Wildman–Crippen MR) is 186 cm³/mol. The number of hydrogen-bond donors (Lipinski definition) is 3. The molecule has 1 saturated heterocycles. The summed E-state index contributed by atoms with van der Waals surface area (Å²) in [5, 5.41) is 34.6. The van der Waals surface area contributed by atoms with E-state index < -0.39 is 63.8 Å². The van der Waals surface area contributed by atoms with Crippen LogP contribution in [0.1, 0.15) is 64.5 Å². The molecule has 1 aliphatic rings. The van der Waals surface area contributed by atoms with Crippen LogP contribution in [0.5, 0.6) is 0 Å². The number of benzene rings is 2. The van der Waals surface area contributed by atoms with Crippen LogP contribution < -0.4 is 0 Å². The molecule has 0 radical (unpaired) electrons. The van der Waals surface area contributed by atoms with Crippen LogP contribution in [-0.2, 0) is 30.2 Å². The third kappa shape index (κ3) is 6.83. The first-order valence-electron chi connectivity index (χ1n) is 15.9. The molecule has 5 atom stereocenters. The Bertz CT molecular complexity index is 1640. The summed E-state index contributed by atoms with van der Waals surface area (Å²) in [5.74, 6) is 0. The van der Waals surface area contributed by atoms with Crippen molar-refractivity contribution in [3.8, 4) is 0 Å². The lowest BCUT2D eigenvalue weighted by molar-refractivity contribution is -0.227. The van der Waals surface area contributed by atoms with Gasteiger partial charge in [-0.2, -0.15) is 0 Å². The number of ether oxygens (including phenoxy) is 1. The fraction of sp³-hybridized carbons (Fsp3) is 0.588. The maximum Gasteiger partial charge on any atom is 0.268 e. The quantitative estimate of drug-likeness (QED) is 0.225. The molecule has 2 heterocycles. The zero-order valence-corrected chi connectivity index (χ0v) is 32.0. The number of para-hydroxylation sites is 1. The molecule has 0 saturated carbocycles. The molecule has 2 aromatic carbocycles. The van der Waals surface area contributed by atoms with Crippen LogP contribution >= 0.6 is 0 Å². The van der Waals surface area contributed by atoms with Crippen molar-refractivity contribution in [2.24, 2.45) is 0 Å². The Balaban J connectivity index is 1.91. The standard InChI is InChI=1S/C34H53NO8SSi2/c1-22-16-18-23(19-17-22)44(39,40)35-26-15-13-12-14-24(26)25(20-36)28(35)32-30(38)29(37)31(43-46(10,11)34(5,6)7)27(42-32)21-41-45(8,9)33(2,3)4/h12-19,27,29-32,36-38H,20-21H2,1-11H3/t27-,29-,30+,31-,32-/m1/s1. The third-order valence-corrected chi connectivity index (χ3v) is 21.0. The highest BCUT2D eigenvalue weighted by molar-refractivity contribution is 7.90. The lowest BCUT2D eigenvalue weighted by Crippen LogP contribution is -2.61. The predicted octanol–water partition coefficient (Wildman–Crippen LogP) is 6.25. The van der Waals surface area contributed by atoms with Gasteiger partial charge in [-0.15, -0.1) is 0 Å². The van der Waals surface area contributed by atoms with Crippen molar-refractivity contribution >= 4 is 37.6 Å². The van der Waals surface area contributed by atoms with Crippen LogP contribution in [-0.4, -0.2) is 75.4 Å². The van der Waals surface area contributed by atoms with E-state index in [4.69, 9.17) is 13.6 Å². The molecular formula is C34H53NO8SSi2. The first-order valence-corrected chi connectivity index (χ1v) is 23.2. The number of hydrogen-bond acceptors (Lipinski definition) is 8. The van der Waals surface area contributed by atoms with Gasteiger partial charge in [-0.05, 0) is 61.4 Å². The van der Waals surface area contributed by atoms with Crippen LogP contribution in [0.2, 0.25) is 36.3 Å². The van der Waals surface area contributed by atoms with Gasteiger partial charge < -0.3 is 28.9 Å². The maximum absolute atomic E-state index is 14.4. The molecular weight excluding hydrogens is 639 g/mol. The summed E-state index contributed by atoms with van der Waals surface area (Å²) >= 11 is 0. The van der Waals surface area contributed by atoms with Crippen LogP contribution in [0.15, 0.2) is 53.4 Å². The largest absolute Gasteiger partial charge is 0.414 e. The van der Waals surface area contributed by atoms with E-state index in [1.54, 1.807) is 36.4 Å². The zero-order chi connectivity index (χ0) is 34.6. The Labute approximate surface area is 276 Å². The van der Waals surface area contributed by atoms with Gasteiger partial charge >= 0.3 is 0 Å². The van der Waals surface area contributed by atoms with E-state index in [2.05, 4.69) is 67.7 Å². The molecule has 1 aliphatic heterocycles. The average Bonchev–Trinajstić information content (AvgIpc) is 3.29. The minimum atomic E-state index is -4.24. The molecule has 46 heavy (non-hydrogen) atoms. The molecule has 12 heteroatoms. The van der Waals surface area contributed by atoms with Crippen molar-refractivity contribution in [1.29, 1.82) is 0 Å². The lowest BCUT2D eigenvalue weighted by atomic mass is 9.92. The molecule has 1 aromatic heterocycles. The zero-order valence-electron chi connectivity index (χ0n) is 29.2. The number of aliphatic hydroxyl groups is 3. The van der Waals surface area contributed by atoms with Crippen molar-refractivity contribution < 1.29 is 37.3 Å². The van der Waals surface area contributed by atoms with Gasteiger partial charge in [0.05, 0.1) is 29.3 Å². The number of fused-ring (bicyclic) bond motifs is 1. The van der Waals surface area contributed by atoms with Gasteiger partial charge in [-0.25, -0.2) is 12.4 Å². The molecule has 0 unspecified atom stereocenters. The fourth-order valence-corrected chi connectivity index (χ4v) is 9.21. The van der Waals surface area contributed by atoms with E-state index in [9.17, 15) is 23.7 Å². The molecule has 0 aliphatic carbocycles. The summed E-state index contributed by atoms with van der Waals surface area (Å²) in [6, 6.07) is 13.4. The van der Waals surface area contributed by atoms with Gasteiger partial charge in [-0.3, -0.25) is 0 Å². The van der Waals surface area contributed by atoms with Crippen LogP contribution in [0, 0.1) is 6.92 Å². The van der Waals surface area contributed by atoms with Crippen LogP contribution in [0.25, 0.3) is 10.9 Å². The van der Waals surface area contributed by atoms with Gasteiger partial charge in [0.15, 0.2) is 16.6 Å². The van der Waals surface area contributed by atoms with E-state index in [0.717, 1.165) is 9.54 Å². The van der Waals surface area contributed by atoms with Gasteiger partial charge in [-0.1, -0.05) is 77.4 Å². The highest BCUT2D eigenvalue weighted by Crippen LogP contribution is 2.45. The topological polar surface area (TPSA) is 127 Å². The Morgan fingerprint density at radius 2 is 1.43 bits per heavy atom. The van der Waals surface area contributed by atoms with E-state index in [-0.39, 0.29) is 27.3 Å². The van der Waals surface area contributed by atoms with Crippen LogP contribution in [0.4, 0.5) is 0 Å². The highest BCUT2D eigenvalue weighted by atomic mass is 32.2. The molecule has 4 rings (SSSR count). The molecule has 0 bridgehead atoms. The number of aliphatic hydroxyl groups excluding tert-OH is 3. The van der Waals surface area contributed by atoms with E-state index in [1.165, 1.54) is 12.1 Å². The summed E-state index contributed by atoms with van der Waals surface area (Å²) in [6.07, 6.45) is -6.09. The van der Waals surface area contributed by atoms with Crippen molar-refractivity contribution in [1.82, 2.24) is 3.97 Å². The summed E-state index contributed by atoms with van der Waals surface area (Å²) < 4.78 is 50.0. The number of rotatable bonds is 9. The van der Waals surface area contributed by atoms with Crippen molar-refractivity contribution in [3.63, 3.8) is 0 Å². The molecule has 1 fully saturated rings. The van der Waals surface area contributed by atoms with Crippen molar-refractivity contribution in [2.75, 3.05) is 6.61 Å². The van der Waals surface area contributed by atoms with Gasteiger partial charge in [0.1, 0.15) is 30.5 Å². The summed E-state index contributed by atoms with van der Waals surface area (Å²) in [5.41, 5.74) is 1.61. The highest BCUT2D eigenvalue weighted by Gasteiger charge is 2.52. The monoisotopic (exact) mass is 691 g/mol. The molecule has 9 nitrogen and oxygen atoms in total. The number of aryl methyl sites for hydroxylation is 1. The minimum absolute atomic E-state index is 0.0485. The van der Waals surface area contributed by atoms with E-state index >= 15 is 0 Å². The van der Waals surface area contributed by atoms with Gasteiger partial charge in [0.25, 0.3) is 10.0 Å². The summed E-state index contributed by atoms with van der Waals surface area (Å²) in [6.45, 7) is 22.5. The second-order valence-corrected chi connectivity index (χ2v) is 27.0. The number of aromatic nitrogens is 1. The fourth-order valence-electron chi connectivity index (χ4n) is 5.29.